The minimum absolute atomic E-state index is 0. The van der Waals surface area contributed by atoms with Crippen LogP contribution in [-0.4, -0.2) is 37.1 Å². The normalized spacial score (nSPS) is 22.4. The van der Waals surface area contributed by atoms with E-state index >= 15 is 0 Å². The molecule has 3 unspecified atom stereocenters. The van der Waals surface area contributed by atoms with Gasteiger partial charge in [0.15, 0.2) is 0 Å². The first kappa shape index (κ1) is 21.0. The molecule has 1 aliphatic carbocycles. The average molecular weight is 378 g/mol. The molecule has 1 fully saturated rings. The molecule has 26 heavy (non-hydrogen) atoms. The van der Waals surface area contributed by atoms with Crippen molar-refractivity contribution in [2.75, 3.05) is 26.2 Å². The minimum atomic E-state index is -0.170. The number of allylic oxidation sites excluding steroid dienone is 2. The molecule has 144 valence electrons. The number of halogens is 1. The van der Waals surface area contributed by atoms with Crippen LogP contribution in [0.1, 0.15) is 50.5 Å². The predicted octanol–water partition coefficient (Wildman–Crippen LogP) is 4.82. The van der Waals surface area contributed by atoms with Crippen LogP contribution >= 0.6 is 12.4 Å². The van der Waals surface area contributed by atoms with E-state index in [2.05, 4.69) is 36.1 Å². The van der Waals surface area contributed by atoms with Gasteiger partial charge in [-0.3, -0.25) is 4.79 Å². The number of esters is 1. The Kier molecular flexibility index (Phi) is 8.67. The van der Waals surface area contributed by atoms with E-state index in [0.717, 1.165) is 31.4 Å². The maximum Gasteiger partial charge on any atom is 0.314 e. The molecule has 2 aliphatic rings. The second-order valence-corrected chi connectivity index (χ2v) is 7.65. The van der Waals surface area contributed by atoms with Crippen LogP contribution in [0.2, 0.25) is 0 Å². The topological polar surface area (TPSA) is 29.5 Å². The summed E-state index contributed by atoms with van der Waals surface area (Å²) in [6, 6.07) is 10.1. The summed E-state index contributed by atoms with van der Waals surface area (Å²) in [5, 5.41) is 0. The van der Waals surface area contributed by atoms with Gasteiger partial charge in [0.05, 0.1) is 12.5 Å². The van der Waals surface area contributed by atoms with E-state index in [1.165, 1.54) is 25.9 Å². The molecule has 0 spiro atoms. The zero-order valence-electron chi connectivity index (χ0n) is 15.8. The molecule has 3 rings (SSSR count). The van der Waals surface area contributed by atoms with Gasteiger partial charge in [0.1, 0.15) is 0 Å². The Labute approximate surface area is 164 Å². The summed E-state index contributed by atoms with van der Waals surface area (Å²) in [7, 11) is 0. The predicted molar refractivity (Wildman–Crippen MR) is 109 cm³/mol. The summed E-state index contributed by atoms with van der Waals surface area (Å²) in [6.07, 6.45) is 10.4. The van der Waals surface area contributed by atoms with Gasteiger partial charge in [-0.2, -0.15) is 0 Å². The van der Waals surface area contributed by atoms with Crippen molar-refractivity contribution in [3.05, 3.63) is 48.0 Å². The molecule has 0 amide bonds. The molecule has 1 aromatic carbocycles. The fraction of sp³-hybridized carbons (Fsp3) is 0.591. The lowest BCUT2D eigenvalue weighted by atomic mass is 9.80. The van der Waals surface area contributed by atoms with Crippen LogP contribution < -0.4 is 0 Å². The number of hydrogen-bond donors (Lipinski definition) is 0. The lowest BCUT2D eigenvalue weighted by Gasteiger charge is -2.27. The summed E-state index contributed by atoms with van der Waals surface area (Å²) in [6.45, 7) is 6.13. The number of nitrogens with zero attached hydrogens (tertiary/aromatic N) is 1. The van der Waals surface area contributed by atoms with E-state index in [-0.39, 0.29) is 30.2 Å². The van der Waals surface area contributed by atoms with Crippen LogP contribution in [0.25, 0.3) is 0 Å². The van der Waals surface area contributed by atoms with Crippen LogP contribution in [0.4, 0.5) is 0 Å². The van der Waals surface area contributed by atoms with Crippen LogP contribution in [0.3, 0.4) is 0 Å². The number of benzene rings is 1. The van der Waals surface area contributed by atoms with Crippen molar-refractivity contribution in [3.63, 3.8) is 0 Å². The number of rotatable bonds is 7. The molecular formula is C22H32ClNO2. The molecule has 0 aromatic heterocycles. The highest BCUT2D eigenvalue weighted by molar-refractivity contribution is 5.85. The fourth-order valence-electron chi connectivity index (χ4n) is 4.11. The largest absolute Gasteiger partial charge is 0.465 e. The van der Waals surface area contributed by atoms with E-state index in [1.54, 1.807) is 0 Å². The van der Waals surface area contributed by atoms with Crippen molar-refractivity contribution in [2.45, 2.75) is 44.9 Å². The van der Waals surface area contributed by atoms with Gasteiger partial charge in [-0.1, -0.05) is 49.4 Å². The first-order chi connectivity index (χ1) is 12.2. The molecule has 3 atom stereocenters. The van der Waals surface area contributed by atoms with Gasteiger partial charge < -0.3 is 9.64 Å². The van der Waals surface area contributed by atoms with Crippen LogP contribution in [0.5, 0.6) is 0 Å². The van der Waals surface area contributed by atoms with E-state index in [1.807, 2.05) is 18.2 Å². The highest BCUT2D eigenvalue weighted by Crippen LogP contribution is 2.33. The van der Waals surface area contributed by atoms with Crippen molar-refractivity contribution < 1.29 is 9.53 Å². The van der Waals surface area contributed by atoms with Crippen molar-refractivity contribution in [2.24, 2.45) is 11.8 Å². The smallest absolute Gasteiger partial charge is 0.314 e. The molecule has 1 heterocycles. The number of hydrogen-bond acceptors (Lipinski definition) is 3. The Morgan fingerprint density at radius 2 is 1.92 bits per heavy atom. The van der Waals surface area contributed by atoms with E-state index in [0.29, 0.717) is 12.5 Å². The zero-order chi connectivity index (χ0) is 17.5. The highest BCUT2D eigenvalue weighted by Gasteiger charge is 2.30. The number of carbonyl (C=O) groups is 1. The molecular weight excluding hydrogens is 346 g/mol. The quantitative estimate of drug-likeness (QED) is 0.503. The number of ether oxygens (including phenoxy) is 1. The first-order valence-electron chi connectivity index (χ1n) is 9.84. The first-order valence-corrected chi connectivity index (χ1v) is 9.84. The fourth-order valence-corrected chi connectivity index (χ4v) is 4.11. The average Bonchev–Trinajstić information content (AvgIpc) is 3.15. The summed E-state index contributed by atoms with van der Waals surface area (Å²) in [5.41, 5.74) is 1.08. The van der Waals surface area contributed by atoms with Crippen LogP contribution in [-0.2, 0) is 9.53 Å². The third-order valence-electron chi connectivity index (χ3n) is 5.41. The lowest BCUT2D eigenvalue weighted by molar-refractivity contribution is -0.148. The molecule has 0 bridgehead atoms. The summed E-state index contributed by atoms with van der Waals surface area (Å²) < 4.78 is 5.78. The van der Waals surface area contributed by atoms with E-state index in [4.69, 9.17) is 4.74 Å². The third-order valence-corrected chi connectivity index (χ3v) is 5.41. The summed E-state index contributed by atoms with van der Waals surface area (Å²) in [5.74, 6) is 0.422. The van der Waals surface area contributed by atoms with Crippen molar-refractivity contribution in [3.8, 4) is 0 Å². The zero-order valence-corrected chi connectivity index (χ0v) is 16.6. The minimum Gasteiger partial charge on any atom is -0.465 e. The van der Waals surface area contributed by atoms with Gasteiger partial charge in [-0.25, -0.2) is 0 Å². The van der Waals surface area contributed by atoms with Crippen LogP contribution in [0.15, 0.2) is 42.5 Å². The van der Waals surface area contributed by atoms with Gasteiger partial charge in [-0.05, 0) is 56.7 Å². The van der Waals surface area contributed by atoms with Crippen molar-refractivity contribution in [1.82, 2.24) is 4.90 Å². The molecule has 0 saturated carbocycles. The Balaban J connectivity index is 0.00000243. The molecule has 1 aromatic rings. The van der Waals surface area contributed by atoms with Crippen molar-refractivity contribution >= 4 is 18.4 Å². The maximum absolute atomic E-state index is 12.9. The Morgan fingerprint density at radius 1 is 1.19 bits per heavy atom. The van der Waals surface area contributed by atoms with Crippen molar-refractivity contribution in [1.29, 1.82) is 0 Å². The van der Waals surface area contributed by atoms with Gasteiger partial charge in [0.25, 0.3) is 0 Å². The Bertz CT molecular complexity index is 569. The van der Waals surface area contributed by atoms with Gasteiger partial charge >= 0.3 is 5.97 Å². The maximum atomic E-state index is 12.9. The van der Waals surface area contributed by atoms with E-state index in [9.17, 15) is 4.79 Å². The van der Waals surface area contributed by atoms with Crippen LogP contribution in [0, 0.1) is 11.8 Å². The van der Waals surface area contributed by atoms with E-state index < -0.39 is 0 Å². The third kappa shape index (κ3) is 5.85. The standard InChI is InChI=1S/C22H31NO2.ClH/c1-18(16-23-14-8-9-15-23)17-25-22(24)21(19-10-4-2-5-11-19)20-12-6-3-7-13-20;/h2,4-6,10-12,18,20-21H,3,7-9,13-17H2,1H3;1H. The van der Waals surface area contributed by atoms with Gasteiger partial charge in [0.2, 0.25) is 0 Å². The highest BCUT2D eigenvalue weighted by atomic mass is 35.5. The Hall–Kier alpha value is -1.32. The molecule has 0 radical (unpaired) electrons. The molecule has 1 saturated heterocycles. The second-order valence-electron chi connectivity index (χ2n) is 7.65. The number of likely N-dealkylation sites (tertiary alicyclic amines) is 1. The molecule has 4 heteroatoms. The molecule has 3 nitrogen and oxygen atoms in total. The molecule has 0 N–H and O–H groups in total. The summed E-state index contributed by atoms with van der Waals surface area (Å²) in [4.78, 5) is 15.4. The van der Waals surface area contributed by atoms with Gasteiger partial charge in [-0.15, -0.1) is 12.4 Å². The summed E-state index contributed by atoms with van der Waals surface area (Å²) >= 11 is 0. The molecule has 1 aliphatic heterocycles. The van der Waals surface area contributed by atoms with Gasteiger partial charge in [0, 0.05) is 12.5 Å². The lowest BCUT2D eigenvalue weighted by Crippen LogP contribution is -2.30. The SMILES string of the molecule is CC(COC(=O)C(c1ccccc1)C1C=CCCC1)CN1CCCC1.Cl. The second kappa shape index (κ2) is 10.7. The number of carbonyl (C=O) groups excluding carboxylic acids is 1. The Morgan fingerprint density at radius 3 is 2.58 bits per heavy atom. The monoisotopic (exact) mass is 377 g/mol.